The minimum Gasteiger partial charge on any atom is -0.464 e. The van der Waals surface area contributed by atoms with Crippen molar-refractivity contribution in [2.24, 2.45) is 7.05 Å². The summed E-state index contributed by atoms with van der Waals surface area (Å²) < 4.78 is 8.30. The van der Waals surface area contributed by atoms with Crippen molar-refractivity contribution < 1.29 is 9.53 Å². The highest BCUT2D eigenvalue weighted by molar-refractivity contribution is 5.93. The minimum absolute atomic E-state index is 0.295. The molecule has 0 atom stereocenters. The van der Waals surface area contributed by atoms with E-state index in [0.717, 1.165) is 11.1 Å². The van der Waals surface area contributed by atoms with Crippen LogP contribution in [-0.2, 0) is 11.8 Å². The number of rotatable bonds is 2. The maximum Gasteiger partial charge on any atom is 0.356 e. The fraction of sp³-hybridized carbons (Fsp3) is 0.154. The lowest BCUT2D eigenvalue weighted by Gasteiger charge is -2.01. The second kappa shape index (κ2) is 4.24. The maximum absolute atomic E-state index is 11.5. The number of nitrogens with zero attached hydrogens (tertiary/aromatic N) is 4. The van der Waals surface area contributed by atoms with Crippen molar-refractivity contribution in [3.63, 3.8) is 0 Å². The molecule has 96 valence electrons. The molecule has 0 fully saturated rings. The number of carbonyl (C=O) groups is 1. The van der Waals surface area contributed by atoms with Gasteiger partial charge in [0.1, 0.15) is 5.65 Å². The summed E-state index contributed by atoms with van der Waals surface area (Å²) in [5.74, 6) is -0.441. The van der Waals surface area contributed by atoms with Gasteiger partial charge in [0, 0.05) is 31.0 Å². The third-order valence-electron chi connectivity index (χ3n) is 2.95. The summed E-state index contributed by atoms with van der Waals surface area (Å²) in [6, 6.07) is 5.36. The van der Waals surface area contributed by atoms with Crippen molar-refractivity contribution in [2.45, 2.75) is 0 Å². The van der Waals surface area contributed by atoms with E-state index in [1.54, 1.807) is 16.9 Å². The second-order valence-corrected chi connectivity index (χ2v) is 4.14. The SMILES string of the molecule is COC(=O)c1ccc2c(-n3cccn3)cn(C)c2n1. The Morgan fingerprint density at radius 3 is 2.89 bits per heavy atom. The van der Waals surface area contributed by atoms with E-state index in [1.165, 1.54) is 7.11 Å². The van der Waals surface area contributed by atoms with Gasteiger partial charge < -0.3 is 9.30 Å². The van der Waals surface area contributed by atoms with Crippen molar-refractivity contribution in [1.82, 2.24) is 19.3 Å². The lowest BCUT2D eigenvalue weighted by Crippen LogP contribution is -2.04. The Balaban J connectivity index is 2.21. The molecule has 6 nitrogen and oxygen atoms in total. The molecule has 0 aromatic carbocycles. The lowest BCUT2D eigenvalue weighted by atomic mass is 10.2. The first-order valence-electron chi connectivity index (χ1n) is 5.75. The molecule has 19 heavy (non-hydrogen) atoms. The Labute approximate surface area is 109 Å². The average molecular weight is 256 g/mol. The smallest absolute Gasteiger partial charge is 0.356 e. The molecule has 0 amide bonds. The largest absolute Gasteiger partial charge is 0.464 e. The number of aromatic nitrogens is 4. The summed E-state index contributed by atoms with van der Waals surface area (Å²) in [6.07, 6.45) is 5.50. The average Bonchev–Trinajstić information content (AvgIpc) is 3.06. The van der Waals surface area contributed by atoms with Crippen molar-refractivity contribution in [2.75, 3.05) is 7.11 Å². The van der Waals surface area contributed by atoms with Crippen LogP contribution < -0.4 is 0 Å². The predicted molar refractivity (Wildman–Crippen MR) is 69.2 cm³/mol. The van der Waals surface area contributed by atoms with Gasteiger partial charge in [-0.2, -0.15) is 5.10 Å². The van der Waals surface area contributed by atoms with Crippen molar-refractivity contribution in [3.8, 4) is 5.69 Å². The molecule has 3 heterocycles. The number of fused-ring (bicyclic) bond motifs is 1. The summed E-state index contributed by atoms with van der Waals surface area (Å²) in [5.41, 5.74) is 1.93. The zero-order valence-electron chi connectivity index (χ0n) is 10.6. The van der Waals surface area contributed by atoms with Gasteiger partial charge in [0.15, 0.2) is 5.69 Å². The Hall–Kier alpha value is -2.63. The van der Waals surface area contributed by atoms with Gasteiger partial charge in [-0.05, 0) is 18.2 Å². The number of esters is 1. The van der Waals surface area contributed by atoms with Crippen LogP contribution in [0.2, 0.25) is 0 Å². The van der Waals surface area contributed by atoms with Crippen LogP contribution in [0.15, 0.2) is 36.8 Å². The van der Waals surface area contributed by atoms with E-state index in [9.17, 15) is 4.79 Å². The number of pyridine rings is 1. The number of hydrogen-bond donors (Lipinski definition) is 0. The van der Waals surface area contributed by atoms with Gasteiger partial charge >= 0.3 is 5.97 Å². The van der Waals surface area contributed by atoms with E-state index >= 15 is 0 Å². The third kappa shape index (κ3) is 1.77. The highest BCUT2D eigenvalue weighted by atomic mass is 16.5. The number of aryl methyl sites for hydroxylation is 1. The molecule has 0 saturated heterocycles. The van der Waals surface area contributed by atoms with E-state index in [2.05, 4.69) is 14.8 Å². The monoisotopic (exact) mass is 256 g/mol. The van der Waals surface area contributed by atoms with Gasteiger partial charge in [-0.3, -0.25) is 0 Å². The Bertz CT molecular complexity index is 743. The molecule has 0 bridgehead atoms. The van der Waals surface area contributed by atoms with Gasteiger partial charge in [-0.1, -0.05) is 0 Å². The van der Waals surface area contributed by atoms with Crippen molar-refractivity contribution in [3.05, 3.63) is 42.5 Å². The summed E-state index contributed by atoms with van der Waals surface area (Å²) in [6.45, 7) is 0. The molecule has 3 aromatic rings. The van der Waals surface area contributed by atoms with E-state index in [0.29, 0.717) is 11.3 Å². The topological polar surface area (TPSA) is 61.9 Å². The molecule has 3 aromatic heterocycles. The predicted octanol–water partition coefficient (Wildman–Crippen LogP) is 1.55. The highest BCUT2D eigenvalue weighted by Crippen LogP contribution is 2.22. The van der Waals surface area contributed by atoms with Gasteiger partial charge in [-0.25, -0.2) is 14.5 Å². The fourth-order valence-corrected chi connectivity index (χ4v) is 2.04. The van der Waals surface area contributed by atoms with E-state index in [-0.39, 0.29) is 0 Å². The quantitative estimate of drug-likeness (QED) is 0.652. The molecule has 0 N–H and O–H groups in total. The standard InChI is InChI=1S/C13H12N4O2/c1-16-8-11(17-7-3-6-14-17)9-4-5-10(13(18)19-2)15-12(9)16/h3-8H,1-2H3. The first-order valence-corrected chi connectivity index (χ1v) is 5.75. The van der Waals surface area contributed by atoms with Gasteiger partial charge in [-0.15, -0.1) is 0 Å². The number of methoxy groups -OCH3 is 1. The molecule has 0 radical (unpaired) electrons. The number of hydrogen-bond acceptors (Lipinski definition) is 4. The van der Waals surface area contributed by atoms with Crippen LogP contribution in [0.4, 0.5) is 0 Å². The summed E-state index contributed by atoms with van der Waals surface area (Å²) in [4.78, 5) is 15.8. The van der Waals surface area contributed by atoms with Gasteiger partial charge in [0.05, 0.1) is 12.8 Å². The normalized spacial score (nSPS) is 10.8. The molecule has 0 unspecified atom stereocenters. The van der Waals surface area contributed by atoms with Crippen molar-refractivity contribution in [1.29, 1.82) is 0 Å². The number of carbonyl (C=O) groups excluding carboxylic acids is 1. The summed E-state index contributed by atoms with van der Waals surface area (Å²) in [7, 11) is 3.22. The second-order valence-electron chi connectivity index (χ2n) is 4.14. The first kappa shape index (κ1) is 11.5. The first-order chi connectivity index (χ1) is 9.20. The van der Waals surface area contributed by atoms with Crippen molar-refractivity contribution >= 4 is 17.0 Å². The molecule has 0 aliphatic heterocycles. The fourth-order valence-electron chi connectivity index (χ4n) is 2.04. The van der Waals surface area contributed by atoms with Gasteiger partial charge in [0.25, 0.3) is 0 Å². The van der Waals surface area contributed by atoms with E-state index in [1.807, 2.05) is 36.1 Å². The minimum atomic E-state index is -0.441. The Kier molecular flexibility index (Phi) is 2.56. The van der Waals surface area contributed by atoms with Crippen LogP contribution in [0.25, 0.3) is 16.7 Å². The Morgan fingerprint density at radius 2 is 2.21 bits per heavy atom. The van der Waals surface area contributed by atoms with Crippen LogP contribution in [0.1, 0.15) is 10.5 Å². The van der Waals surface area contributed by atoms with Gasteiger partial charge in [0.2, 0.25) is 0 Å². The molecule has 0 aliphatic carbocycles. The molecule has 0 spiro atoms. The van der Waals surface area contributed by atoms with Crippen LogP contribution in [-0.4, -0.2) is 32.4 Å². The van der Waals surface area contributed by atoms with Crippen LogP contribution >= 0.6 is 0 Å². The third-order valence-corrected chi connectivity index (χ3v) is 2.95. The Morgan fingerprint density at radius 1 is 1.37 bits per heavy atom. The lowest BCUT2D eigenvalue weighted by molar-refractivity contribution is 0.0594. The molecular weight excluding hydrogens is 244 g/mol. The molecule has 0 saturated carbocycles. The van der Waals surface area contributed by atoms with E-state index < -0.39 is 5.97 Å². The van der Waals surface area contributed by atoms with Crippen LogP contribution in [0.3, 0.4) is 0 Å². The maximum atomic E-state index is 11.5. The summed E-state index contributed by atoms with van der Waals surface area (Å²) >= 11 is 0. The zero-order chi connectivity index (χ0) is 13.4. The van der Waals surface area contributed by atoms with Crippen LogP contribution in [0, 0.1) is 0 Å². The molecule has 3 rings (SSSR count). The van der Waals surface area contributed by atoms with E-state index in [4.69, 9.17) is 0 Å². The molecular formula is C13H12N4O2. The number of ether oxygens (including phenoxy) is 1. The summed E-state index contributed by atoms with van der Waals surface area (Å²) in [5, 5.41) is 5.14. The van der Waals surface area contributed by atoms with Crippen LogP contribution in [0.5, 0.6) is 0 Å². The molecule has 6 heteroatoms. The highest BCUT2D eigenvalue weighted by Gasteiger charge is 2.13. The zero-order valence-corrected chi connectivity index (χ0v) is 10.6. The molecule has 0 aliphatic rings.